The SMILES string of the molecule is CCCC1CCC(c2ccc(C#Cc3ccc4cc(F)ccc4c3)c(F)c2)CC1. The van der Waals surface area contributed by atoms with Crippen molar-refractivity contribution in [2.45, 2.75) is 51.4 Å². The lowest BCUT2D eigenvalue weighted by Crippen LogP contribution is -2.13. The van der Waals surface area contributed by atoms with E-state index >= 15 is 0 Å². The van der Waals surface area contributed by atoms with Gasteiger partial charge in [-0.25, -0.2) is 8.78 Å². The number of hydrogen-bond acceptors (Lipinski definition) is 0. The van der Waals surface area contributed by atoms with Crippen LogP contribution in [0.3, 0.4) is 0 Å². The highest BCUT2D eigenvalue weighted by Gasteiger charge is 2.22. The van der Waals surface area contributed by atoms with Crippen molar-refractivity contribution in [3.8, 4) is 11.8 Å². The molecular weight excluding hydrogens is 362 g/mol. The van der Waals surface area contributed by atoms with Crippen molar-refractivity contribution >= 4 is 10.8 Å². The van der Waals surface area contributed by atoms with Crippen LogP contribution >= 0.6 is 0 Å². The molecule has 1 aliphatic carbocycles. The Bertz CT molecular complexity index is 1060. The summed E-state index contributed by atoms with van der Waals surface area (Å²) in [6.45, 7) is 2.25. The summed E-state index contributed by atoms with van der Waals surface area (Å²) in [7, 11) is 0. The van der Waals surface area contributed by atoms with Crippen LogP contribution in [0.2, 0.25) is 0 Å². The maximum Gasteiger partial charge on any atom is 0.139 e. The highest BCUT2D eigenvalue weighted by molar-refractivity contribution is 5.83. The van der Waals surface area contributed by atoms with Crippen molar-refractivity contribution in [3.63, 3.8) is 0 Å². The summed E-state index contributed by atoms with van der Waals surface area (Å²) in [6.07, 6.45) is 7.41. The molecule has 0 amide bonds. The molecule has 3 aromatic carbocycles. The van der Waals surface area contributed by atoms with Gasteiger partial charge in [0.25, 0.3) is 0 Å². The van der Waals surface area contributed by atoms with Gasteiger partial charge in [0.1, 0.15) is 11.6 Å². The Labute approximate surface area is 172 Å². The minimum atomic E-state index is -0.252. The maximum absolute atomic E-state index is 14.7. The highest BCUT2D eigenvalue weighted by atomic mass is 19.1. The molecule has 0 saturated heterocycles. The zero-order valence-electron chi connectivity index (χ0n) is 16.8. The molecule has 0 aliphatic heterocycles. The lowest BCUT2D eigenvalue weighted by Gasteiger charge is -2.28. The molecule has 0 atom stereocenters. The quantitative estimate of drug-likeness (QED) is 0.405. The molecule has 1 aliphatic rings. The van der Waals surface area contributed by atoms with Gasteiger partial charge in [0.15, 0.2) is 0 Å². The number of benzene rings is 3. The zero-order valence-corrected chi connectivity index (χ0v) is 16.8. The summed E-state index contributed by atoms with van der Waals surface area (Å²) in [5.41, 5.74) is 2.32. The molecule has 0 radical (unpaired) electrons. The summed E-state index contributed by atoms with van der Waals surface area (Å²) in [6, 6.07) is 15.8. The number of rotatable bonds is 3. The van der Waals surface area contributed by atoms with E-state index in [1.54, 1.807) is 12.1 Å². The molecule has 0 heterocycles. The van der Waals surface area contributed by atoms with Crippen LogP contribution in [0, 0.1) is 29.4 Å². The first-order valence-electron chi connectivity index (χ1n) is 10.6. The molecule has 1 saturated carbocycles. The van der Waals surface area contributed by atoms with Gasteiger partial charge in [0, 0.05) is 5.56 Å². The van der Waals surface area contributed by atoms with Crippen LogP contribution in [-0.2, 0) is 0 Å². The Morgan fingerprint density at radius 3 is 2.34 bits per heavy atom. The molecule has 1 fully saturated rings. The van der Waals surface area contributed by atoms with Gasteiger partial charge >= 0.3 is 0 Å². The Hall–Kier alpha value is -2.66. The largest absolute Gasteiger partial charge is 0.207 e. The van der Waals surface area contributed by atoms with Crippen molar-refractivity contribution in [3.05, 3.63) is 82.9 Å². The first-order valence-corrected chi connectivity index (χ1v) is 10.6. The van der Waals surface area contributed by atoms with Crippen LogP contribution < -0.4 is 0 Å². The second kappa shape index (κ2) is 8.78. The third-order valence-corrected chi connectivity index (χ3v) is 6.15. The molecule has 0 aromatic heterocycles. The second-order valence-electron chi connectivity index (χ2n) is 8.20. The third-order valence-electron chi connectivity index (χ3n) is 6.15. The summed E-state index contributed by atoms with van der Waals surface area (Å²) in [5, 5.41) is 1.76. The van der Waals surface area contributed by atoms with Crippen LogP contribution in [0.25, 0.3) is 10.8 Å². The molecular formula is C27H26F2. The van der Waals surface area contributed by atoms with E-state index in [9.17, 15) is 8.78 Å². The first-order chi connectivity index (χ1) is 14.1. The van der Waals surface area contributed by atoms with E-state index in [0.29, 0.717) is 11.5 Å². The van der Waals surface area contributed by atoms with E-state index in [1.165, 1.54) is 37.8 Å². The lowest BCUT2D eigenvalue weighted by atomic mass is 9.77. The number of halogens is 2. The molecule has 0 N–H and O–H groups in total. The van der Waals surface area contributed by atoms with Crippen LogP contribution in [0.5, 0.6) is 0 Å². The van der Waals surface area contributed by atoms with Crippen molar-refractivity contribution in [1.29, 1.82) is 0 Å². The first kappa shape index (κ1) is 19.6. The van der Waals surface area contributed by atoms with E-state index < -0.39 is 0 Å². The summed E-state index contributed by atoms with van der Waals surface area (Å²) in [4.78, 5) is 0. The van der Waals surface area contributed by atoms with Gasteiger partial charge in [-0.15, -0.1) is 0 Å². The molecule has 4 rings (SSSR count). The van der Waals surface area contributed by atoms with Gasteiger partial charge in [0.05, 0.1) is 5.56 Å². The van der Waals surface area contributed by atoms with Crippen molar-refractivity contribution in [2.24, 2.45) is 5.92 Å². The smallest absolute Gasteiger partial charge is 0.139 e. The van der Waals surface area contributed by atoms with Crippen molar-refractivity contribution in [2.75, 3.05) is 0 Å². The topological polar surface area (TPSA) is 0 Å². The minimum absolute atomic E-state index is 0.242. The second-order valence-corrected chi connectivity index (χ2v) is 8.20. The van der Waals surface area contributed by atoms with Gasteiger partial charge in [-0.3, -0.25) is 0 Å². The van der Waals surface area contributed by atoms with Gasteiger partial charge in [-0.2, -0.15) is 0 Å². The molecule has 0 spiro atoms. The van der Waals surface area contributed by atoms with Crippen molar-refractivity contribution in [1.82, 2.24) is 0 Å². The fourth-order valence-corrected chi connectivity index (χ4v) is 4.51. The Morgan fingerprint density at radius 2 is 1.59 bits per heavy atom. The Balaban J connectivity index is 1.49. The number of hydrogen-bond donors (Lipinski definition) is 0. The standard InChI is InChI=1S/C27H26F2/c1-2-3-19-4-8-21(9-5-19)25-13-12-22(27(29)18-25)10-6-20-7-11-24-17-26(28)15-14-23(24)16-20/h7,11-19,21H,2-5,8-9H2,1H3. The predicted octanol–water partition coefficient (Wildman–Crippen LogP) is 7.59. The van der Waals surface area contributed by atoms with Crippen LogP contribution in [0.1, 0.15) is 68.1 Å². The Kier molecular flexibility index (Phi) is 5.95. The van der Waals surface area contributed by atoms with Crippen LogP contribution in [-0.4, -0.2) is 0 Å². The molecule has 148 valence electrons. The fraction of sp³-hybridized carbons (Fsp3) is 0.333. The van der Waals surface area contributed by atoms with Gasteiger partial charge in [0.2, 0.25) is 0 Å². The van der Waals surface area contributed by atoms with E-state index in [2.05, 4.69) is 18.8 Å². The van der Waals surface area contributed by atoms with Gasteiger partial charge in [-0.05, 0) is 90.3 Å². The van der Waals surface area contributed by atoms with E-state index in [4.69, 9.17) is 0 Å². The van der Waals surface area contributed by atoms with E-state index in [1.807, 2.05) is 30.3 Å². The molecule has 0 unspecified atom stereocenters. The number of fused-ring (bicyclic) bond motifs is 1. The summed E-state index contributed by atoms with van der Waals surface area (Å²) in [5.74, 6) is 6.83. The van der Waals surface area contributed by atoms with Crippen LogP contribution in [0.4, 0.5) is 8.78 Å². The average molecular weight is 389 g/mol. The molecule has 0 nitrogen and oxygen atoms in total. The van der Waals surface area contributed by atoms with Crippen molar-refractivity contribution < 1.29 is 8.78 Å². The predicted molar refractivity (Wildman–Crippen MR) is 116 cm³/mol. The fourth-order valence-electron chi connectivity index (χ4n) is 4.51. The van der Waals surface area contributed by atoms with E-state index in [-0.39, 0.29) is 11.6 Å². The van der Waals surface area contributed by atoms with Gasteiger partial charge in [-0.1, -0.05) is 49.8 Å². The molecule has 29 heavy (non-hydrogen) atoms. The molecule has 0 bridgehead atoms. The van der Waals surface area contributed by atoms with Gasteiger partial charge < -0.3 is 0 Å². The maximum atomic E-state index is 14.7. The summed E-state index contributed by atoms with van der Waals surface area (Å²) < 4.78 is 28.0. The highest BCUT2D eigenvalue weighted by Crippen LogP contribution is 2.37. The average Bonchev–Trinajstić information content (AvgIpc) is 2.73. The normalized spacial score (nSPS) is 19.0. The zero-order chi connectivity index (χ0) is 20.2. The molecule has 2 heteroatoms. The van der Waals surface area contributed by atoms with E-state index in [0.717, 1.165) is 40.7 Å². The Morgan fingerprint density at radius 1 is 0.828 bits per heavy atom. The van der Waals surface area contributed by atoms with Crippen LogP contribution in [0.15, 0.2) is 54.6 Å². The molecule has 3 aromatic rings. The third kappa shape index (κ3) is 4.67. The monoisotopic (exact) mass is 388 g/mol. The lowest BCUT2D eigenvalue weighted by molar-refractivity contribution is 0.308. The minimum Gasteiger partial charge on any atom is -0.207 e. The summed E-state index contributed by atoms with van der Waals surface area (Å²) >= 11 is 0.